The van der Waals surface area contributed by atoms with E-state index in [1.54, 1.807) is 25.1 Å². The zero-order chi connectivity index (χ0) is 14.8. The first-order valence-corrected chi connectivity index (χ1v) is 7.99. The summed E-state index contributed by atoms with van der Waals surface area (Å²) >= 11 is 4.90. The summed E-state index contributed by atoms with van der Waals surface area (Å²) in [6, 6.07) is 4.93. The number of rotatable bonds is 5. The molecule has 0 heterocycles. The lowest BCUT2D eigenvalue weighted by Crippen LogP contribution is -2.37. The Morgan fingerprint density at radius 1 is 1.42 bits per heavy atom. The highest BCUT2D eigenvalue weighted by Gasteiger charge is 2.27. The van der Waals surface area contributed by atoms with Crippen LogP contribution >= 0.6 is 12.2 Å². The maximum atomic E-state index is 12.6. The first kappa shape index (κ1) is 16.1. The Morgan fingerprint density at radius 2 is 2.00 bits per heavy atom. The van der Waals surface area contributed by atoms with Gasteiger partial charge < -0.3 is 5.73 Å². The van der Waals surface area contributed by atoms with Crippen molar-refractivity contribution in [2.45, 2.75) is 38.6 Å². The molecule has 0 saturated carbocycles. The minimum atomic E-state index is -3.52. The summed E-state index contributed by atoms with van der Waals surface area (Å²) in [7, 11) is -3.52. The smallest absolute Gasteiger partial charge is 0.243 e. The van der Waals surface area contributed by atoms with Gasteiger partial charge in [0.25, 0.3) is 0 Å². The van der Waals surface area contributed by atoms with Gasteiger partial charge in [0.2, 0.25) is 10.0 Å². The van der Waals surface area contributed by atoms with Gasteiger partial charge in [-0.15, -0.1) is 0 Å². The molecule has 1 aromatic carbocycles. The number of hydrogen-bond donors (Lipinski definition) is 1. The average Bonchev–Trinajstić information content (AvgIpc) is 2.28. The Bertz CT molecular complexity index is 580. The molecule has 0 saturated heterocycles. The zero-order valence-corrected chi connectivity index (χ0v) is 13.3. The van der Waals surface area contributed by atoms with Crippen LogP contribution in [0, 0.1) is 6.92 Å². The zero-order valence-electron chi connectivity index (χ0n) is 11.7. The molecule has 0 aliphatic rings. The van der Waals surface area contributed by atoms with E-state index >= 15 is 0 Å². The van der Waals surface area contributed by atoms with Crippen LogP contribution in [0.3, 0.4) is 0 Å². The topological polar surface area (TPSA) is 63.4 Å². The highest BCUT2D eigenvalue weighted by Crippen LogP contribution is 2.23. The van der Waals surface area contributed by atoms with Gasteiger partial charge in [0.1, 0.15) is 4.99 Å². The molecule has 0 atom stereocenters. The monoisotopic (exact) mass is 300 g/mol. The van der Waals surface area contributed by atoms with Gasteiger partial charge in [-0.25, -0.2) is 8.42 Å². The van der Waals surface area contributed by atoms with Gasteiger partial charge in [0.05, 0.1) is 4.90 Å². The SMILES string of the molecule is CCN(C(C)C)S(=O)(=O)c1cc(C(N)=S)ccc1C. The third-order valence-electron chi connectivity index (χ3n) is 2.95. The molecule has 1 aromatic rings. The van der Waals surface area contributed by atoms with Crippen molar-refractivity contribution >= 4 is 27.2 Å². The number of aryl methyl sites for hydroxylation is 1. The molecule has 0 radical (unpaired) electrons. The average molecular weight is 300 g/mol. The number of nitrogens with zero attached hydrogens (tertiary/aromatic N) is 1. The lowest BCUT2D eigenvalue weighted by molar-refractivity contribution is 0.369. The van der Waals surface area contributed by atoms with Crippen LogP contribution in [0.4, 0.5) is 0 Å². The van der Waals surface area contributed by atoms with Gasteiger partial charge in [-0.05, 0) is 32.4 Å². The van der Waals surface area contributed by atoms with Crippen molar-refractivity contribution < 1.29 is 8.42 Å². The van der Waals surface area contributed by atoms with Gasteiger partial charge in [0.15, 0.2) is 0 Å². The minimum Gasteiger partial charge on any atom is -0.389 e. The molecule has 4 nitrogen and oxygen atoms in total. The third-order valence-corrected chi connectivity index (χ3v) is 5.48. The molecule has 2 N–H and O–H groups in total. The molecule has 1 rings (SSSR count). The second kappa shape index (κ2) is 5.98. The number of benzene rings is 1. The molecule has 0 unspecified atom stereocenters. The summed E-state index contributed by atoms with van der Waals surface area (Å²) in [5.41, 5.74) is 6.83. The molecular weight excluding hydrogens is 280 g/mol. The van der Waals surface area contributed by atoms with Crippen molar-refractivity contribution in [3.63, 3.8) is 0 Å². The van der Waals surface area contributed by atoms with Crippen LogP contribution in [-0.2, 0) is 10.0 Å². The van der Waals surface area contributed by atoms with E-state index in [4.69, 9.17) is 18.0 Å². The Labute approximate surface area is 120 Å². The maximum absolute atomic E-state index is 12.6. The van der Waals surface area contributed by atoms with Crippen LogP contribution in [0.1, 0.15) is 31.9 Å². The van der Waals surface area contributed by atoms with Crippen molar-refractivity contribution in [2.24, 2.45) is 5.73 Å². The maximum Gasteiger partial charge on any atom is 0.243 e. The first-order chi connectivity index (χ1) is 8.71. The van der Waals surface area contributed by atoms with E-state index in [0.717, 1.165) is 0 Å². The summed E-state index contributed by atoms with van der Waals surface area (Å²) in [4.78, 5) is 0.470. The fourth-order valence-electron chi connectivity index (χ4n) is 1.97. The molecule has 19 heavy (non-hydrogen) atoms. The Balaban J connectivity index is 3.43. The van der Waals surface area contributed by atoms with Crippen molar-refractivity contribution in [3.05, 3.63) is 29.3 Å². The summed E-state index contributed by atoms with van der Waals surface area (Å²) in [5.74, 6) is 0. The number of nitrogens with two attached hydrogens (primary N) is 1. The Hall–Kier alpha value is -0.980. The summed E-state index contributed by atoms with van der Waals surface area (Å²) in [6.45, 7) is 7.73. The first-order valence-electron chi connectivity index (χ1n) is 6.14. The molecule has 0 fully saturated rings. The standard InChI is InChI=1S/C13H20N2O2S2/c1-5-15(9(2)3)19(16,17)12-8-11(13(14)18)7-6-10(12)4/h6-9H,5H2,1-4H3,(H2,14,18). The summed E-state index contributed by atoms with van der Waals surface area (Å²) < 4.78 is 26.7. The van der Waals surface area contributed by atoms with Gasteiger partial charge in [-0.1, -0.05) is 31.3 Å². The molecular formula is C13H20N2O2S2. The van der Waals surface area contributed by atoms with E-state index < -0.39 is 10.0 Å². The van der Waals surface area contributed by atoms with Crippen LogP contribution in [0.5, 0.6) is 0 Å². The molecule has 0 aliphatic heterocycles. The van der Waals surface area contributed by atoms with Gasteiger partial charge in [-0.2, -0.15) is 4.31 Å². The lowest BCUT2D eigenvalue weighted by atomic mass is 10.1. The molecule has 0 spiro atoms. The molecule has 6 heteroatoms. The molecule has 0 amide bonds. The molecule has 106 valence electrons. The van der Waals surface area contributed by atoms with Crippen molar-refractivity contribution in [1.82, 2.24) is 4.31 Å². The fourth-order valence-corrected chi connectivity index (χ4v) is 4.00. The summed E-state index contributed by atoms with van der Waals surface area (Å²) in [5, 5.41) is 0. The fraction of sp³-hybridized carbons (Fsp3) is 0.462. The highest BCUT2D eigenvalue weighted by molar-refractivity contribution is 7.89. The van der Waals surface area contributed by atoms with Gasteiger partial charge in [-0.3, -0.25) is 0 Å². The quantitative estimate of drug-likeness (QED) is 0.845. The van der Waals surface area contributed by atoms with E-state index in [0.29, 0.717) is 17.7 Å². The van der Waals surface area contributed by atoms with Crippen molar-refractivity contribution in [2.75, 3.05) is 6.54 Å². The highest BCUT2D eigenvalue weighted by atomic mass is 32.2. The van der Waals surface area contributed by atoms with E-state index in [-0.39, 0.29) is 15.9 Å². The number of hydrogen-bond acceptors (Lipinski definition) is 3. The predicted molar refractivity (Wildman–Crippen MR) is 81.8 cm³/mol. The molecule has 0 bridgehead atoms. The van der Waals surface area contributed by atoms with Crippen LogP contribution in [-0.4, -0.2) is 30.3 Å². The lowest BCUT2D eigenvalue weighted by Gasteiger charge is -2.25. The number of thiocarbonyl (C=S) groups is 1. The number of sulfonamides is 1. The van der Waals surface area contributed by atoms with Crippen molar-refractivity contribution in [1.29, 1.82) is 0 Å². The van der Waals surface area contributed by atoms with Gasteiger partial charge >= 0.3 is 0 Å². The van der Waals surface area contributed by atoms with Crippen LogP contribution in [0.2, 0.25) is 0 Å². The van der Waals surface area contributed by atoms with Gasteiger partial charge in [0, 0.05) is 18.2 Å². The normalized spacial score (nSPS) is 12.1. The van der Waals surface area contributed by atoms with Crippen molar-refractivity contribution in [3.8, 4) is 0 Å². The largest absolute Gasteiger partial charge is 0.389 e. The second-order valence-corrected chi connectivity index (χ2v) is 6.95. The summed E-state index contributed by atoms with van der Waals surface area (Å²) in [6.07, 6.45) is 0. The second-order valence-electron chi connectivity index (χ2n) is 4.65. The Morgan fingerprint density at radius 3 is 2.42 bits per heavy atom. The third kappa shape index (κ3) is 3.32. The minimum absolute atomic E-state index is 0.0946. The molecule has 0 aromatic heterocycles. The van der Waals surface area contributed by atoms with E-state index in [9.17, 15) is 8.42 Å². The van der Waals surface area contributed by atoms with E-state index in [1.165, 1.54) is 4.31 Å². The molecule has 0 aliphatic carbocycles. The predicted octanol–water partition coefficient (Wildman–Crippen LogP) is 2.05. The van der Waals surface area contributed by atoms with E-state index in [1.807, 2.05) is 20.8 Å². The van der Waals surface area contributed by atoms with Crippen LogP contribution < -0.4 is 5.73 Å². The Kier molecular flexibility index (Phi) is 5.06. The van der Waals surface area contributed by atoms with Crippen LogP contribution in [0.25, 0.3) is 0 Å². The van der Waals surface area contributed by atoms with Crippen LogP contribution in [0.15, 0.2) is 23.1 Å². The van der Waals surface area contributed by atoms with E-state index in [2.05, 4.69) is 0 Å².